The minimum absolute atomic E-state index is 0.00503. The van der Waals surface area contributed by atoms with Crippen molar-refractivity contribution in [2.24, 2.45) is 5.92 Å². The summed E-state index contributed by atoms with van der Waals surface area (Å²) in [5.74, 6) is 1.61. The zero-order chi connectivity index (χ0) is 14.7. The predicted molar refractivity (Wildman–Crippen MR) is 76.8 cm³/mol. The number of carbonyl (C=O) groups is 1. The molecule has 5 heteroatoms. The smallest absolute Gasteiger partial charge is 0.231 e. The summed E-state index contributed by atoms with van der Waals surface area (Å²) in [6.45, 7) is 4.63. The molecule has 0 aliphatic carbocycles. The third kappa shape index (κ3) is 3.22. The van der Waals surface area contributed by atoms with Crippen LogP contribution in [0.4, 0.5) is 0 Å². The lowest BCUT2D eigenvalue weighted by Crippen LogP contribution is -2.36. The van der Waals surface area contributed by atoms with Crippen molar-refractivity contribution in [1.82, 2.24) is 10.2 Å². The maximum absolute atomic E-state index is 11.7. The van der Waals surface area contributed by atoms with Gasteiger partial charge in [-0.15, -0.1) is 0 Å². The molecule has 0 saturated carbocycles. The summed E-state index contributed by atoms with van der Waals surface area (Å²) in [4.78, 5) is 13.8. The predicted octanol–water partition coefficient (Wildman–Crippen LogP) is 1.79. The molecule has 1 atom stereocenters. The van der Waals surface area contributed by atoms with Gasteiger partial charge in [-0.1, -0.05) is 19.9 Å². The third-order valence-electron chi connectivity index (χ3n) is 3.40. The number of amides is 1. The van der Waals surface area contributed by atoms with E-state index >= 15 is 0 Å². The fourth-order valence-corrected chi connectivity index (χ4v) is 2.12. The average Bonchev–Trinajstić information content (AvgIpc) is 2.85. The molecule has 1 N–H and O–H groups in total. The second kappa shape index (κ2) is 6.13. The fraction of sp³-hybridized carbons (Fsp3) is 0.533. The molecule has 0 fully saturated rings. The van der Waals surface area contributed by atoms with Gasteiger partial charge in [0.05, 0.1) is 6.04 Å². The number of ether oxygens (including phenoxy) is 2. The van der Waals surface area contributed by atoms with Gasteiger partial charge in [0, 0.05) is 12.5 Å². The van der Waals surface area contributed by atoms with E-state index in [2.05, 4.69) is 10.2 Å². The van der Waals surface area contributed by atoms with Crippen LogP contribution in [0.15, 0.2) is 18.2 Å². The van der Waals surface area contributed by atoms with Gasteiger partial charge in [0.25, 0.3) is 0 Å². The molecule has 0 saturated heterocycles. The van der Waals surface area contributed by atoms with Crippen LogP contribution in [0.2, 0.25) is 0 Å². The summed E-state index contributed by atoms with van der Waals surface area (Å²) < 4.78 is 10.7. The molecule has 1 heterocycles. The lowest BCUT2D eigenvalue weighted by atomic mass is 10.0. The Hall–Kier alpha value is -1.75. The van der Waals surface area contributed by atoms with E-state index in [0.717, 1.165) is 17.1 Å². The van der Waals surface area contributed by atoms with Crippen LogP contribution in [0.3, 0.4) is 0 Å². The Bertz CT molecular complexity index is 486. The highest BCUT2D eigenvalue weighted by atomic mass is 16.7. The van der Waals surface area contributed by atoms with E-state index in [-0.39, 0.29) is 24.7 Å². The molecule has 0 spiro atoms. The van der Waals surface area contributed by atoms with Crippen LogP contribution in [0, 0.1) is 5.92 Å². The number of carbonyl (C=O) groups excluding carboxylic acids is 1. The third-order valence-corrected chi connectivity index (χ3v) is 3.40. The molecular weight excluding hydrogens is 256 g/mol. The van der Waals surface area contributed by atoms with Gasteiger partial charge in [-0.3, -0.25) is 4.79 Å². The largest absolute Gasteiger partial charge is 0.454 e. The quantitative estimate of drug-likeness (QED) is 0.892. The molecule has 1 aliphatic rings. The number of hydrogen-bond acceptors (Lipinski definition) is 4. The van der Waals surface area contributed by atoms with E-state index in [1.54, 1.807) is 0 Å². The number of hydrogen-bond donors (Lipinski definition) is 1. The molecule has 2 rings (SSSR count). The Morgan fingerprint density at radius 2 is 2.00 bits per heavy atom. The van der Waals surface area contributed by atoms with E-state index in [1.807, 2.05) is 46.1 Å². The van der Waals surface area contributed by atoms with Crippen molar-refractivity contribution in [3.63, 3.8) is 0 Å². The number of nitrogens with zero attached hydrogens (tertiary/aromatic N) is 1. The molecule has 110 valence electrons. The van der Waals surface area contributed by atoms with E-state index in [0.29, 0.717) is 6.54 Å². The number of nitrogens with one attached hydrogen (secondary N) is 1. The van der Waals surface area contributed by atoms with Gasteiger partial charge in [-0.25, -0.2) is 0 Å². The van der Waals surface area contributed by atoms with Gasteiger partial charge in [0.15, 0.2) is 11.5 Å². The number of benzene rings is 1. The average molecular weight is 278 g/mol. The summed E-state index contributed by atoms with van der Waals surface area (Å²) in [5.41, 5.74) is 1.10. The molecule has 1 aliphatic heterocycles. The minimum atomic E-state index is -0.00503. The number of likely N-dealkylation sites (N-methyl/N-ethyl adjacent to an activating group) is 1. The second-order valence-corrected chi connectivity index (χ2v) is 5.49. The van der Waals surface area contributed by atoms with Gasteiger partial charge in [-0.05, 0) is 31.8 Å². The standard InChI is InChI=1S/C15H22N2O3/c1-10(2)15(18)16-8-12(17(3)4)11-5-6-13-14(7-11)20-9-19-13/h5-7,10,12H,8-9H2,1-4H3,(H,16,18)/t12-/m0/s1. The maximum Gasteiger partial charge on any atom is 0.231 e. The molecule has 0 radical (unpaired) electrons. The van der Waals surface area contributed by atoms with Crippen LogP contribution in [-0.4, -0.2) is 38.2 Å². The zero-order valence-electron chi connectivity index (χ0n) is 12.5. The van der Waals surface area contributed by atoms with Gasteiger partial charge in [-0.2, -0.15) is 0 Å². The first-order chi connectivity index (χ1) is 9.49. The number of rotatable bonds is 5. The molecule has 20 heavy (non-hydrogen) atoms. The van der Waals surface area contributed by atoms with Crippen LogP contribution in [0.25, 0.3) is 0 Å². The molecular formula is C15H22N2O3. The van der Waals surface area contributed by atoms with Gasteiger partial charge < -0.3 is 19.7 Å². The fourth-order valence-electron chi connectivity index (χ4n) is 2.12. The van der Waals surface area contributed by atoms with Crippen LogP contribution < -0.4 is 14.8 Å². The van der Waals surface area contributed by atoms with Crippen molar-refractivity contribution in [3.05, 3.63) is 23.8 Å². The van der Waals surface area contributed by atoms with E-state index < -0.39 is 0 Å². The van der Waals surface area contributed by atoms with Crippen LogP contribution >= 0.6 is 0 Å². The summed E-state index contributed by atoms with van der Waals surface area (Å²) in [6.07, 6.45) is 0. The molecule has 1 aromatic carbocycles. The Morgan fingerprint density at radius 3 is 2.65 bits per heavy atom. The Labute approximate surface area is 119 Å². The highest BCUT2D eigenvalue weighted by Gasteiger charge is 2.20. The van der Waals surface area contributed by atoms with Gasteiger partial charge in [0.2, 0.25) is 12.7 Å². The highest BCUT2D eigenvalue weighted by Crippen LogP contribution is 2.34. The summed E-state index contributed by atoms with van der Waals surface area (Å²) in [7, 11) is 3.99. The first-order valence-corrected chi connectivity index (χ1v) is 6.82. The molecule has 1 amide bonds. The zero-order valence-corrected chi connectivity index (χ0v) is 12.5. The molecule has 1 aromatic rings. The van der Waals surface area contributed by atoms with Crippen LogP contribution in [0.5, 0.6) is 11.5 Å². The molecule has 0 aromatic heterocycles. The first-order valence-electron chi connectivity index (χ1n) is 6.82. The van der Waals surface area contributed by atoms with E-state index in [1.165, 1.54) is 0 Å². The monoisotopic (exact) mass is 278 g/mol. The maximum atomic E-state index is 11.7. The van der Waals surface area contributed by atoms with Crippen molar-refractivity contribution < 1.29 is 14.3 Å². The van der Waals surface area contributed by atoms with Crippen LogP contribution in [0.1, 0.15) is 25.5 Å². The highest BCUT2D eigenvalue weighted by molar-refractivity contribution is 5.77. The van der Waals surface area contributed by atoms with Gasteiger partial charge >= 0.3 is 0 Å². The SMILES string of the molecule is CC(C)C(=O)NC[C@@H](c1ccc2c(c1)OCO2)N(C)C. The minimum Gasteiger partial charge on any atom is -0.454 e. The Balaban J connectivity index is 2.10. The topological polar surface area (TPSA) is 50.8 Å². The Kier molecular flexibility index (Phi) is 4.49. The van der Waals surface area contributed by atoms with Crippen molar-refractivity contribution in [1.29, 1.82) is 0 Å². The van der Waals surface area contributed by atoms with Gasteiger partial charge in [0.1, 0.15) is 0 Å². The first kappa shape index (κ1) is 14.7. The van der Waals surface area contributed by atoms with Crippen molar-refractivity contribution >= 4 is 5.91 Å². The van der Waals surface area contributed by atoms with Crippen LogP contribution in [-0.2, 0) is 4.79 Å². The molecule has 0 unspecified atom stereocenters. The Morgan fingerprint density at radius 1 is 1.30 bits per heavy atom. The second-order valence-electron chi connectivity index (χ2n) is 5.49. The van der Waals surface area contributed by atoms with E-state index in [9.17, 15) is 4.79 Å². The summed E-state index contributed by atoms with van der Waals surface area (Å²) in [5, 5.41) is 2.98. The summed E-state index contributed by atoms with van der Waals surface area (Å²) in [6, 6.07) is 6.01. The lowest BCUT2D eigenvalue weighted by Gasteiger charge is -2.25. The molecule has 5 nitrogen and oxygen atoms in total. The summed E-state index contributed by atoms with van der Waals surface area (Å²) >= 11 is 0. The van der Waals surface area contributed by atoms with Crippen molar-refractivity contribution in [3.8, 4) is 11.5 Å². The normalized spacial score (nSPS) is 14.7. The lowest BCUT2D eigenvalue weighted by molar-refractivity contribution is -0.124. The van der Waals surface area contributed by atoms with E-state index in [4.69, 9.17) is 9.47 Å². The van der Waals surface area contributed by atoms with Crippen molar-refractivity contribution in [2.75, 3.05) is 27.4 Å². The van der Waals surface area contributed by atoms with Crippen molar-refractivity contribution in [2.45, 2.75) is 19.9 Å². The number of fused-ring (bicyclic) bond motifs is 1. The molecule has 0 bridgehead atoms.